The van der Waals surface area contributed by atoms with E-state index in [4.69, 9.17) is 4.98 Å². The molecule has 0 aliphatic rings. The summed E-state index contributed by atoms with van der Waals surface area (Å²) in [5.41, 5.74) is 4.35. The van der Waals surface area contributed by atoms with Gasteiger partial charge < -0.3 is 4.40 Å². The molecule has 3 rings (SSSR count). The van der Waals surface area contributed by atoms with E-state index in [0.29, 0.717) is 5.92 Å². The maximum absolute atomic E-state index is 4.70. The summed E-state index contributed by atoms with van der Waals surface area (Å²) >= 11 is 0. The third kappa shape index (κ3) is 1.68. The highest BCUT2D eigenvalue weighted by molar-refractivity contribution is 5.66. The maximum Gasteiger partial charge on any atom is 0.156 e. The van der Waals surface area contributed by atoms with Crippen molar-refractivity contribution in [3.05, 3.63) is 54.6 Å². The van der Waals surface area contributed by atoms with E-state index >= 15 is 0 Å². The molecule has 90 valence electrons. The minimum Gasteiger partial charge on any atom is -0.300 e. The topological polar surface area (TPSA) is 30.2 Å². The Morgan fingerprint density at radius 1 is 1.11 bits per heavy atom. The van der Waals surface area contributed by atoms with E-state index in [1.54, 1.807) is 12.4 Å². The van der Waals surface area contributed by atoms with Crippen LogP contribution in [0.15, 0.2) is 48.9 Å². The average Bonchev–Trinajstić information content (AvgIpc) is 2.79. The molecule has 0 spiro atoms. The van der Waals surface area contributed by atoms with Gasteiger partial charge in [-0.1, -0.05) is 44.2 Å². The Morgan fingerprint density at radius 3 is 2.61 bits per heavy atom. The zero-order valence-corrected chi connectivity index (χ0v) is 10.5. The van der Waals surface area contributed by atoms with Crippen molar-refractivity contribution in [2.75, 3.05) is 0 Å². The molecule has 0 saturated heterocycles. The zero-order valence-electron chi connectivity index (χ0n) is 10.5. The van der Waals surface area contributed by atoms with Gasteiger partial charge in [0.2, 0.25) is 0 Å². The molecule has 0 N–H and O–H groups in total. The highest BCUT2D eigenvalue weighted by Gasteiger charge is 2.16. The standard InChI is InChI=1S/C15H15N3/c1-11(2)15-14(12-6-4-3-5-7-12)17-13-10-16-8-9-18(13)15/h3-11H,1-2H3. The highest BCUT2D eigenvalue weighted by atomic mass is 15.0. The van der Waals surface area contributed by atoms with Crippen molar-refractivity contribution in [3.63, 3.8) is 0 Å². The summed E-state index contributed by atoms with van der Waals surface area (Å²) in [6.07, 6.45) is 5.58. The van der Waals surface area contributed by atoms with E-state index in [1.165, 1.54) is 5.69 Å². The van der Waals surface area contributed by atoms with Gasteiger partial charge in [-0.25, -0.2) is 4.98 Å². The van der Waals surface area contributed by atoms with Gasteiger partial charge in [-0.2, -0.15) is 0 Å². The summed E-state index contributed by atoms with van der Waals surface area (Å²) in [5.74, 6) is 0.414. The van der Waals surface area contributed by atoms with Crippen LogP contribution in [0, 0.1) is 0 Å². The second-order valence-electron chi connectivity index (χ2n) is 4.67. The summed E-state index contributed by atoms with van der Waals surface area (Å²) in [7, 11) is 0. The Hall–Kier alpha value is -2.16. The molecule has 0 aliphatic carbocycles. The first-order valence-corrected chi connectivity index (χ1v) is 6.15. The fourth-order valence-electron chi connectivity index (χ4n) is 2.29. The average molecular weight is 237 g/mol. The van der Waals surface area contributed by atoms with E-state index < -0.39 is 0 Å². The van der Waals surface area contributed by atoms with E-state index in [9.17, 15) is 0 Å². The van der Waals surface area contributed by atoms with Gasteiger partial charge in [0, 0.05) is 18.0 Å². The fraction of sp³-hybridized carbons (Fsp3) is 0.200. The van der Waals surface area contributed by atoms with Crippen molar-refractivity contribution in [3.8, 4) is 11.3 Å². The van der Waals surface area contributed by atoms with Crippen molar-refractivity contribution < 1.29 is 0 Å². The van der Waals surface area contributed by atoms with Crippen molar-refractivity contribution in [2.45, 2.75) is 19.8 Å². The Balaban J connectivity index is 2.32. The maximum atomic E-state index is 4.70. The third-order valence-electron chi connectivity index (χ3n) is 3.06. The van der Waals surface area contributed by atoms with Crippen molar-refractivity contribution in [1.29, 1.82) is 0 Å². The van der Waals surface area contributed by atoms with Crippen LogP contribution in [0.5, 0.6) is 0 Å². The molecule has 3 heteroatoms. The summed E-state index contributed by atoms with van der Waals surface area (Å²) in [6.45, 7) is 4.38. The van der Waals surface area contributed by atoms with Crippen LogP contribution in [0.3, 0.4) is 0 Å². The lowest BCUT2D eigenvalue weighted by molar-refractivity contribution is 0.809. The molecule has 2 heterocycles. The summed E-state index contributed by atoms with van der Waals surface area (Å²) in [4.78, 5) is 8.84. The number of rotatable bonds is 2. The van der Waals surface area contributed by atoms with Crippen LogP contribution in [0.4, 0.5) is 0 Å². The first kappa shape index (κ1) is 11.0. The van der Waals surface area contributed by atoms with Gasteiger partial charge in [0.25, 0.3) is 0 Å². The normalized spacial score (nSPS) is 11.3. The molecule has 0 amide bonds. The van der Waals surface area contributed by atoms with Crippen LogP contribution in [-0.2, 0) is 0 Å². The van der Waals surface area contributed by atoms with Gasteiger partial charge in [-0.15, -0.1) is 0 Å². The number of nitrogens with zero attached hydrogens (tertiary/aromatic N) is 3. The number of hydrogen-bond donors (Lipinski definition) is 0. The van der Waals surface area contributed by atoms with E-state index in [0.717, 1.165) is 16.9 Å². The Morgan fingerprint density at radius 2 is 1.89 bits per heavy atom. The van der Waals surface area contributed by atoms with Crippen LogP contribution in [-0.4, -0.2) is 14.4 Å². The van der Waals surface area contributed by atoms with Crippen LogP contribution in [0.1, 0.15) is 25.5 Å². The minimum atomic E-state index is 0.414. The number of hydrogen-bond acceptors (Lipinski definition) is 2. The van der Waals surface area contributed by atoms with Gasteiger partial charge in [0.05, 0.1) is 17.6 Å². The van der Waals surface area contributed by atoms with Gasteiger partial charge in [-0.05, 0) is 5.92 Å². The third-order valence-corrected chi connectivity index (χ3v) is 3.06. The first-order valence-electron chi connectivity index (χ1n) is 6.15. The minimum absolute atomic E-state index is 0.414. The van der Waals surface area contributed by atoms with E-state index in [2.05, 4.69) is 35.4 Å². The molecular weight excluding hydrogens is 222 g/mol. The molecule has 0 atom stereocenters. The molecule has 0 unspecified atom stereocenters. The molecule has 0 saturated carbocycles. The molecular formula is C15H15N3. The Bertz CT molecular complexity index is 669. The lowest BCUT2D eigenvalue weighted by Gasteiger charge is -2.08. The van der Waals surface area contributed by atoms with Crippen molar-refractivity contribution in [1.82, 2.24) is 14.4 Å². The lowest BCUT2D eigenvalue weighted by Crippen LogP contribution is -1.96. The summed E-state index contributed by atoms with van der Waals surface area (Å²) in [6, 6.07) is 10.3. The van der Waals surface area contributed by atoms with Crippen LogP contribution >= 0.6 is 0 Å². The van der Waals surface area contributed by atoms with Gasteiger partial charge in [-0.3, -0.25) is 4.98 Å². The predicted molar refractivity (Wildman–Crippen MR) is 72.5 cm³/mol. The molecule has 0 aliphatic heterocycles. The van der Waals surface area contributed by atoms with Crippen LogP contribution in [0.25, 0.3) is 16.9 Å². The van der Waals surface area contributed by atoms with E-state index in [1.807, 2.05) is 24.4 Å². The van der Waals surface area contributed by atoms with Crippen molar-refractivity contribution in [2.24, 2.45) is 0 Å². The molecule has 0 fully saturated rings. The van der Waals surface area contributed by atoms with E-state index in [-0.39, 0.29) is 0 Å². The second-order valence-corrected chi connectivity index (χ2v) is 4.67. The summed E-state index contributed by atoms with van der Waals surface area (Å²) in [5, 5.41) is 0. The SMILES string of the molecule is CC(C)c1c(-c2ccccc2)nc2cnccn12. The molecule has 3 aromatic rings. The number of benzene rings is 1. The molecule has 1 aromatic carbocycles. The van der Waals surface area contributed by atoms with Gasteiger partial charge in [0.1, 0.15) is 0 Å². The van der Waals surface area contributed by atoms with Gasteiger partial charge >= 0.3 is 0 Å². The molecule has 0 radical (unpaired) electrons. The van der Waals surface area contributed by atoms with Gasteiger partial charge in [0.15, 0.2) is 5.65 Å². The van der Waals surface area contributed by atoms with Crippen LogP contribution < -0.4 is 0 Å². The molecule has 0 bridgehead atoms. The molecule has 2 aromatic heterocycles. The Kier molecular flexibility index (Phi) is 2.59. The highest BCUT2D eigenvalue weighted by Crippen LogP contribution is 2.29. The predicted octanol–water partition coefficient (Wildman–Crippen LogP) is 3.52. The number of fused-ring (bicyclic) bond motifs is 1. The first-order chi connectivity index (χ1) is 8.77. The molecule has 18 heavy (non-hydrogen) atoms. The largest absolute Gasteiger partial charge is 0.300 e. The quantitative estimate of drug-likeness (QED) is 0.682. The number of imidazole rings is 1. The Labute approximate surface area is 106 Å². The zero-order chi connectivity index (χ0) is 12.5. The lowest BCUT2D eigenvalue weighted by atomic mass is 10.0. The van der Waals surface area contributed by atoms with Crippen LogP contribution in [0.2, 0.25) is 0 Å². The van der Waals surface area contributed by atoms with Crippen molar-refractivity contribution >= 4 is 5.65 Å². The molecule has 3 nitrogen and oxygen atoms in total. The monoisotopic (exact) mass is 237 g/mol. The fourth-order valence-corrected chi connectivity index (χ4v) is 2.29. The number of aromatic nitrogens is 3. The summed E-state index contributed by atoms with van der Waals surface area (Å²) < 4.78 is 2.12. The smallest absolute Gasteiger partial charge is 0.156 e. The second kappa shape index (κ2) is 4.26.